The van der Waals surface area contributed by atoms with E-state index in [-0.39, 0.29) is 5.78 Å². The van der Waals surface area contributed by atoms with Gasteiger partial charge in [-0.1, -0.05) is 35.0 Å². The van der Waals surface area contributed by atoms with E-state index >= 15 is 0 Å². The van der Waals surface area contributed by atoms with Crippen molar-refractivity contribution in [1.82, 2.24) is 14.1 Å². The van der Waals surface area contributed by atoms with Crippen molar-refractivity contribution >= 4 is 40.7 Å². The fourth-order valence-corrected chi connectivity index (χ4v) is 4.14. The number of benzene rings is 1. The molecule has 7 heteroatoms. The number of hydrogen-bond donors (Lipinski definition) is 0. The van der Waals surface area contributed by atoms with E-state index in [1.807, 2.05) is 54.4 Å². The van der Waals surface area contributed by atoms with E-state index in [2.05, 4.69) is 4.98 Å². The Morgan fingerprint density at radius 1 is 1.16 bits per heavy atom. The maximum atomic E-state index is 12.7. The fraction of sp³-hybridized carbons (Fsp3) is 0.222. The summed E-state index contributed by atoms with van der Waals surface area (Å²) in [4.78, 5) is 16.9. The monoisotopic (exact) mass is 393 g/mol. The molecule has 0 atom stereocenters. The lowest BCUT2D eigenvalue weighted by Crippen LogP contribution is -2.06. The molecule has 130 valence electrons. The van der Waals surface area contributed by atoms with Crippen LogP contribution in [0.15, 0.2) is 41.8 Å². The summed E-state index contributed by atoms with van der Waals surface area (Å²) in [7, 11) is 1.91. The Labute approximate surface area is 160 Å². The fourth-order valence-electron chi connectivity index (χ4n) is 2.81. The molecule has 2 heterocycles. The summed E-state index contributed by atoms with van der Waals surface area (Å²) in [5.74, 6) is 0.409. The predicted molar refractivity (Wildman–Crippen MR) is 104 cm³/mol. The van der Waals surface area contributed by atoms with Crippen LogP contribution in [-0.4, -0.2) is 25.7 Å². The van der Waals surface area contributed by atoms with Crippen molar-refractivity contribution < 1.29 is 4.79 Å². The Bertz CT molecular complexity index is 926. The zero-order valence-electron chi connectivity index (χ0n) is 14.1. The van der Waals surface area contributed by atoms with Crippen molar-refractivity contribution in [2.45, 2.75) is 19.0 Å². The Kier molecular flexibility index (Phi) is 5.27. The van der Waals surface area contributed by atoms with Gasteiger partial charge in [0.05, 0.1) is 5.75 Å². The van der Waals surface area contributed by atoms with Crippen LogP contribution in [0.4, 0.5) is 0 Å². The van der Waals surface area contributed by atoms with Crippen LogP contribution in [0.1, 0.15) is 21.7 Å². The maximum Gasteiger partial charge on any atom is 0.175 e. The van der Waals surface area contributed by atoms with Gasteiger partial charge in [0, 0.05) is 52.1 Å². The van der Waals surface area contributed by atoms with Gasteiger partial charge in [0.25, 0.3) is 0 Å². The first kappa shape index (κ1) is 18.1. The highest BCUT2D eigenvalue weighted by Gasteiger charge is 2.18. The highest BCUT2D eigenvalue weighted by molar-refractivity contribution is 7.99. The molecule has 2 aromatic heterocycles. The molecule has 0 radical (unpaired) electrons. The SMILES string of the molecule is Cc1cc(C(=O)CSc2nccn2C)c(C)n1-c1cc(Cl)cc(Cl)c1. The van der Waals surface area contributed by atoms with Gasteiger partial charge in [-0.05, 0) is 38.1 Å². The van der Waals surface area contributed by atoms with Crippen molar-refractivity contribution in [3.05, 3.63) is 63.7 Å². The Morgan fingerprint density at radius 2 is 1.84 bits per heavy atom. The zero-order chi connectivity index (χ0) is 18.1. The lowest BCUT2D eigenvalue weighted by atomic mass is 10.2. The second-order valence-corrected chi connectivity index (χ2v) is 7.60. The minimum absolute atomic E-state index is 0.0699. The van der Waals surface area contributed by atoms with Crippen molar-refractivity contribution in [2.75, 3.05) is 5.75 Å². The first-order chi connectivity index (χ1) is 11.9. The van der Waals surface area contributed by atoms with E-state index in [0.29, 0.717) is 21.4 Å². The smallest absolute Gasteiger partial charge is 0.175 e. The van der Waals surface area contributed by atoms with Crippen molar-refractivity contribution in [3.8, 4) is 5.69 Å². The largest absolute Gasteiger partial charge is 0.329 e. The topological polar surface area (TPSA) is 39.8 Å². The third-order valence-corrected chi connectivity index (χ3v) is 5.44. The van der Waals surface area contributed by atoms with Crippen molar-refractivity contribution in [3.63, 3.8) is 0 Å². The normalized spacial score (nSPS) is 11.1. The molecule has 3 rings (SSSR count). The average Bonchev–Trinajstić information content (AvgIpc) is 3.07. The Balaban J connectivity index is 1.88. The first-order valence-electron chi connectivity index (χ1n) is 7.65. The van der Waals surface area contributed by atoms with Crippen LogP contribution in [-0.2, 0) is 7.05 Å². The molecule has 0 bridgehead atoms. The van der Waals surface area contributed by atoms with E-state index < -0.39 is 0 Å². The molecule has 25 heavy (non-hydrogen) atoms. The van der Waals surface area contributed by atoms with Crippen LogP contribution in [0, 0.1) is 13.8 Å². The highest BCUT2D eigenvalue weighted by Crippen LogP contribution is 2.27. The summed E-state index contributed by atoms with van der Waals surface area (Å²) in [5.41, 5.74) is 3.39. The van der Waals surface area contributed by atoms with Gasteiger partial charge < -0.3 is 9.13 Å². The van der Waals surface area contributed by atoms with Crippen LogP contribution >= 0.6 is 35.0 Å². The molecule has 4 nitrogen and oxygen atoms in total. The number of imidazole rings is 1. The second kappa shape index (κ2) is 7.28. The molecule has 0 fully saturated rings. The van der Waals surface area contributed by atoms with Crippen LogP contribution in [0.5, 0.6) is 0 Å². The van der Waals surface area contributed by atoms with E-state index in [0.717, 1.165) is 22.2 Å². The number of hydrogen-bond acceptors (Lipinski definition) is 3. The van der Waals surface area contributed by atoms with Crippen molar-refractivity contribution in [2.24, 2.45) is 7.05 Å². The standard InChI is InChI=1S/C18H17Cl2N3OS/c1-11-6-16(17(24)10-25-18-21-4-5-22(18)3)12(2)23(11)15-8-13(19)7-14(20)9-15/h4-9H,10H2,1-3H3. The third-order valence-electron chi connectivity index (χ3n) is 3.95. The number of carbonyl (C=O) groups is 1. The maximum absolute atomic E-state index is 12.7. The highest BCUT2D eigenvalue weighted by atomic mass is 35.5. The van der Waals surface area contributed by atoms with E-state index in [1.54, 1.807) is 12.3 Å². The molecule has 3 aromatic rings. The zero-order valence-corrected chi connectivity index (χ0v) is 16.4. The number of carbonyl (C=O) groups excluding carboxylic acids is 1. The van der Waals surface area contributed by atoms with E-state index in [1.165, 1.54) is 11.8 Å². The lowest BCUT2D eigenvalue weighted by molar-refractivity contribution is 0.102. The summed E-state index contributed by atoms with van der Waals surface area (Å²) in [5, 5.41) is 1.95. The van der Waals surface area contributed by atoms with Crippen LogP contribution in [0.25, 0.3) is 5.69 Å². The average molecular weight is 394 g/mol. The summed E-state index contributed by atoms with van der Waals surface area (Å²) in [6.45, 7) is 3.89. The van der Waals surface area contributed by atoms with Crippen LogP contribution < -0.4 is 0 Å². The Hall–Kier alpha value is -1.69. The van der Waals surface area contributed by atoms with Gasteiger partial charge in [-0.3, -0.25) is 4.79 Å². The van der Waals surface area contributed by atoms with Crippen molar-refractivity contribution in [1.29, 1.82) is 0 Å². The number of Topliss-reactive ketones (excluding diaryl/α,β-unsaturated/α-hetero) is 1. The van der Waals surface area contributed by atoms with Gasteiger partial charge in [-0.25, -0.2) is 4.98 Å². The number of aryl methyl sites for hydroxylation is 2. The molecule has 0 N–H and O–H groups in total. The number of halogens is 2. The van der Waals surface area contributed by atoms with E-state index in [4.69, 9.17) is 23.2 Å². The third kappa shape index (κ3) is 3.78. The number of ketones is 1. The molecule has 0 aliphatic rings. The summed E-state index contributed by atoms with van der Waals surface area (Å²) in [6, 6.07) is 7.27. The number of thioether (sulfide) groups is 1. The summed E-state index contributed by atoms with van der Waals surface area (Å²) in [6.07, 6.45) is 3.59. The van der Waals surface area contributed by atoms with Crippen LogP contribution in [0.2, 0.25) is 10.0 Å². The quantitative estimate of drug-likeness (QED) is 0.446. The molecular formula is C18H17Cl2N3OS. The molecule has 0 saturated carbocycles. The molecule has 0 amide bonds. The number of nitrogens with zero attached hydrogens (tertiary/aromatic N) is 3. The minimum atomic E-state index is 0.0699. The van der Waals surface area contributed by atoms with Gasteiger partial charge in [0.15, 0.2) is 10.9 Å². The number of rotatable bonds is 5. The predicted octanol–water partition coefficient (Wildman–Crippen LogP) is 5.11. The van der Waals surface area contributed by atoms with Gasteiger partial charge in [-0.2, -0.15) is 0 Å². The lowest BCUT2D eigenvalue weighted by Gasteiger charge is -2.11. The minimum Gasteiger partial charge on any atom is -0.329 e. The molecule has 0 saturated heterocycles. The number of aromatic nitrogens is 3. The van der Waals surface area contributed by atoms with E-state index in [9.17, 15) is 4.79 Å². The molecule has 0 spiro atoms. The van der Waals surface area contributed by atoms with Gasteiger partial charge in [0.1, 0.15) is 0 Å². The summed E-state index contributed by atoms with van der Waals surface area (Å²) >= 11 is 13.7. The van der Waals surface area contributed by atoms with Gasteiger partial charge in [0.2, 0.25) is 0 Å². The van der Waals surface area contributed by atoms with Crippen LogP contribution in [0.3, 0.4) is 0 Å². The molecular weight excluding hydrogens is 377 g/mol. The van der Waals surface area contributed by atoms with Gasteiger partial charge in [-0.15, -0.1) is 0 Å². The Morgan fingerprint density at radius 3 is 2.44 bits per heavy atom. The molecule has 0 aliphatic heterocycles. The molecule has 0 unspecified atom stereocenters. The second-order valence-electron chi connectivity index (χ2n) is 5.78. The summed E-state index contributed by atoms with van der Waals surface area (Å²) < 4.78 is 3.89. The van der Waals surface area contributed by atoms with Gasteiger partial charge >= 0.3 is 0 Å². The molecule has 1 aromatic carbocycles. The first-order valence-corrected chi connectivity index (χ1v) is 9.39. The molecule has 0 aliphatic carbocycles.